The number of halogens is 3. The Morgan fingerprint density at radius 2 is 2.00 bits per heavy atom. The zero-order valence-electron chi connectivity index (χ0n) is 6.10. The molecule has 1 N–H and O–H groups in total. The van der Waals surface area contributed by atoms with E-state index in [0.717, 1.165) is 12.1 Å². The Bertz CT molecular complexity index is 278. The average Bonchev–Trinajstić information content (AvgIpc) is 2.08. The molecule has 0 fully saturated rings. The van der Waals surface area contributed by atoms with E-state index >= 15 is 0 Å². The van der Waals surface area contributed by atoms with Crippen LogP contribution in [0.5, 0.6) is 0 Å². The monoisotopic (exact) mass is 236 g/mol. The molecule has 4 heteroatoms. The summed E-state index contributed by atoms with van der Waals surface area (Å²) in [6.45, 7) is 0. The van der Waals surface area contributed by atoms with Gasteiger partial charge in [-0.1, -0.05) is 22.0 Å². The number of aliphatic hydroxyl groups excluding tert-OH is 1. The number of rotatable bonds is 2. The lowest BCUT2D eigenvalue weighted by Gasteiger charge is -2.06. The molecule has 1 nitrogen and oxygen atoms in total. The zero-order chi connectivity index (χ0) is 9.14. The molecule has 0 radical (unpaired) electrons. The molecule has 0 aliphatic heterocycles. The molecule has 0 heterocycles. The lowest BCUT2D eigenvalue weighted by Crippen LogP contribution is -1.99. The molecule has 0 aliphatic rings. The molecule has 0 bridgehead atoms. The summed E-state index contributed by atoms with van der Waals surface area (Å²) in [5, 5.41) is 9.51. The van der Waals surface area contributed by atoms with Crippen LogP contribution in [0.15, 0.2) is 18.2 Å². The van der Waals surface area contributed by atoms with Crippen LogP contribution in [0, 0.1) is 11.6 Å². The summed E-state index contributed by atoms with van der Waals surface area (Å²) in [5.74, 6) is -1.84. The second-order valence-corrected chi connectivity index (χ2v) is 2.99. The molecule has 66 valence electrons. The van der Waals surface area contributed by atoms with E-state index in [1.54, 1.807) is 0 Å². The van der Waals surface area contributed by atoms with Crippen LogP contribution in [-0.2, 0) is 0 Å². The molecule has 1 atom stereocenters. The summed E-state index contributed by atoms with van der Waals surface area (Å²) in [6.07, 6.45) is -0.792. The normalized spacial score (nSPS) is 13.0. The van der Waals surface area contributed by atoms with E-state index in [4.69, 9.17) is 0 Å². The first-order valence-electron chi connectivity index (χ1n) is 3.34. The summed E-state index contributed by atoms with van der Waals surface area (Å²) in [7, 11) is 0. The summed E-state index contributed by atoms with van der Waals surface area (Å²) in [6, 6.07) is 3.34. The van der Waals surface area contributed by atoms with Crippen molar-refractivity contribution in [2.24, 2.45) is 0 Å². The van der Waals surface area contributed by atoms with Gasteiger partial charge in [0.1, 0.15) is 0 Å². The third-order valence-electron chi connectivity index (χ3n) is 1.47. The van der Waals surface area contributed by atoms with Gasteiger partial charge in [0.2, 0.25) is 0 Å². The molecular formula is C8H7BrF2O. The Labute approximate surface area is 77.2 Å². The summed E-state index contributed by atoms with van der Waals surface area (Å²) >= 11 is 3.03. The van der Waals surface area contributed by atoms with Crippen molar-refractivity contribution in [3.63, 3.8) is 0 Å². The highest BCUT2D eigenvalue weighted by Crippen LogP contribution is 2.17. The SMILES string of the molecule is O[C@H](CBr)c1ccc(F)c(F)c1. The minimum absolute atomic E-state index is 0.304. The third kappa shape index (κ3) is 2.01. The number of hydrogen-bond acceptors (Lipinski definition) is 1. The standard InChI is InChI=1S/C8H7BrF2O/c9-4-8(12)5-1-2-6(10)7(11)3-5/h1-3,8,12H,4H2/t8-/m1/s1. The van der Waals surface area contributed by atoms with Gasteiger partial charge in [0.25, 0.3) is 0 Å². The van der Waals surface area contributed by atoms with Crippen LogP contribution in [0.2, 0.25) is 0 Å². The highest BCUT2D eigenvalue weighted by molar-refractivity contribution is 9.09. The molecule has 1 aromatic carbocycles. The van der Waals surface area contributed by atoms with Gasteiger partial charge in [-0.15, -0.1) is 0 Å². The predicted octanol–water partition coefficient (Wildman–Crippen LogP) is 2.39. The molecule has 12 heavy (non-hydrogen) atoms. The van der Waals surface area contributed by atoms with Crippen LogP contribution in [-0.4, -0.2) is 10.4 Å². The zero-order valence-corrected chi connectivity index (χ0v) is 7.68. The Hall–Kier alpha value is -0.480. The number of benzene rings is 1. The van der Waals surface area contributed by atoms with Gasteiger partial charge in [-0.3, -0.25) is 0 Å². The predicted molar refractivity (Wildman–Crippen MR) is 45.1 cm³/mol. The van der Waals surface area contributed by atoms with Gasteiger partial charge >= 0.3 is 0 Å². The lowest BCUT2D eigenvalue weighted by molar-refractivity contribution is 0.204. The van der Waals surface area contributed by atoms with Crippen LogP contribution in [0.1, 0.15) is 11.7 Å². The minimum Gasteiger partial charge on any atom is -0.388 e. The molecular weight excluding hydrogens is 230 g/mol. The van der Waals surface area contributed by atoms with E-state index < -0.39 is 17.7 Å². The van der Waals surface area contributed by atoms with Crippen molar-refractivity contribution in [1.29, 1.82) is 0 Å². The summed E-state index contributed by atoms with van der Waals surface area (Å²) < 4.78 is 25.0. The van der Waals surface area contributed by atoms with Crippen molar-refractivity contribution >= 4 is 15.9 Å². The molecule has 1 aromatic rings. The Kier molecular flexibility index (Phi) is 3.17. The molecule has 0 unspecified atom stereocenters. The second-order valence-electron chi connectivity index (χ2n) is 2.34. The summed E-state index contributed by atoms with van der Waals surface area (Å²) in [5.41, 5.74) is 0.366. The van der Waals surface area contributed by atoms with Gasteiger partial charge in [0.05, 0.1) is 6.10 Å². The Morgan fingerprint density at radius 3 is 2.50 bits per heavy atom. The van der Waals surface area contributed by atoms with E-state index in [0.29, 0.717) is 10.9 Å². The van der Waals surface area contributed by atoms with Crippen LogP contribution in [0.4, 0.5) is 8.78 Å². The van der Waals surface area contributed by atoms with Gasteiger partial charge in [-0.05, 0) is 17.7 Å². The fourth-order valence-electron chi connectivity index (χ4n) is 0.809. The number of aliphatic hydroxyl groups is 1. The minimum atomic E-state index is -0.937. The van der Waals surface area contributed by atoms with Crippen LogP contribution in [0.25, 0.3) is 0 Å². The highest BCUT2D eigenvalue weighted by Gasteiger charge is 2.08. The quantitative estimate of drug-likeness (QED) is 0.783. The number of hydrogen-bond donors (Lipinski definition) is 1. The molecule has 0 saturated carbocycles. The first-order chi connectivity index (χ1) is 5.65. The second kappa shape index (κ2) is 3.96. The number of alkyl halides is 1. The largest absolute Gasteiger partial charge is 0.388 e. The van der Waals surface area contributed by atoms with Crippen molar-refractivity contribution < 1.29 is 13.9 Å². The van der Waals surface area contributed by atoms with Crippen molar-refractivity contribution in [3.05, 3.63) is 35.4 Å². The first-order valence-corrected chi connectivity index (χ1v) is 4.46. The maximum absolute atomic E-state index is 12.6. The third-order valence-corrected chi connectivity index (χ3v) is 2.09. The van der Waals surface area contributed by atoms with E-state index in [-0.39, 0.29) is 0 Å². The fourth-order valence-corrected chi connectivity index (χ4v) is 1.18. The summed E-state index contributed by atoms with van der Waals surface area (Å²) in [4.78, 5) is 0. The van der Waals surface area contributed by atoms with E-state index in [1.807, 2.05) is 0 Å². The van der Waals surface area contributed by atoms with Crippen LogP contribution < -0.4 is 0 Å². The van der Waals surface area contributed by atoms with E-state index in [2.05, 4.69) is 15.9 Å². The first kappa shape index (κ1) is 9.61. The molecule has 0 aromatic heterocycles. The average molecular weight is 237 g/mol. The highest BCUT2D eigenvalue weighted by atomic mass is 79.9. The van der Waals surface area contributed by atoms with E-state index in [1.165, 1.54) is 6.07 Å². The van der Waals surface area contributed by atoms with Gasteiger partial charge in [-0.25, -0.2) is 8.78 Å². The Morgan fingerprint density at radius 1 is 1.33 bits per heavy atom. The van der Waals surface area contributed by atoms with Crippen LogP contribution in [0.3, 0.4) is 0 Å². The smallest absolute Gasteiger partial charge is 0.159 e. The lowest BCUT2D eigenvalue weighted by atomic mass is 10.1. The molecule has 0 spiro atoms. The van der Waals surface area contributed by atoms with Crippen molar-refractivity contribution in [1.82, 2.24) is 0 Å². The molecule has 0 amide bonds. The van der Waals surface area contributed by atoms with Crippen molar-refractivity contribution in [3.8, 4) is 0 Å². The van der Waals surface area contributed by atoms with Crippen molar-refractivity contribution in [2.45, 2.75) is 6.10 Å². The fraction of sp³-hybridized carbons (Fsp3) is 0.250. The maximum Gasteiger partial charge on any atom is 0.159 e. The topological polar surface area (TPSA) is 20.2 Å². The Balaban J connectivity index is 2.96. The van der Waals surface area contributed by atoms with Crippen molar-refractivity contribution in [2.75, 3.05) is 5.33 Å². The maximum atomic E-state index is 12.6. The van der Waals surface area contributed by atoms with Gasteiger partial charge in [0, 0.05) is 5.33 Å². The molecule has 0 aliphatic carbocycles. The molecule has 1 rings (SSSR count). The molecule has 0 saturated heterocycles. The van der Waals surface area contributed by atoms with E-state index in [9.17, 15) is 13.9 Å². The van der Waals surface area contributed by atoms with Gasteiger partial charge in [-0.2, -0.15) is 0 Å². The van der Waals surface area contributed by atoms with Gasteiger partial charge in [0.15, 0.2) is 11.6 Å². The van der Waals surface area contributed by atoms with Crippen LogP contribution >= 0.6 is 15.9 Å². The van der Waals surface area contributed by atoms with Gasteiger partial charge < -0.3 is 5.11 Å².